The van der Waals surface area contributed by atoms with Crippen LogP contribution in [0.1, 0.15) is 10.4 Å². The Bertz CT molecular complexity index is 1110. The Hall–Kier alpha value is -3.47. The summed E-state index contributed by atoms with van der Waals surface area (Å²) in [7, 11) is 0. The molecule has 0 radical (unpaired) electrons. The fourth-order valence-electron chi connectivity index (χ4n) is 3.01. The lowest BCUT2D eigenvalue weighted by Crippen LogP contribution is -2.18. The lowest BCUT2D eigenvalue weighted by atomic mass is 10.0. The normalized spacial score (nSPS) is 10.9. The molecule has 4 aromatic rings. The fourth-order valence-corrected chi connectivity index (χ4v) is 3.01. The van der Waals surface area contributed by atoms with E-state index in [9.17, 15) is 9.59 Å². The van der Waals surface area contributed by atoms with E-state index in [1.165, 1.54) is 0 Å². The summed E-state index contributed by atoms with van der Waals surface area (Å²) in [4.78, 5) is 28.8. The highest BCUT2D eigenvalue weighted by atomic mass is 16.5. The third kappa shape index (κ3) is 3.07. The SMILES string of the molecule is O=C(Cn1cnc2ccccc21)OCC(=O)c1cccc2ccccc12. The Labute approximate surface area is 149 Å². The van der Waals surface area contributed by atoms with E-state index in [4.69, 9.17) is 4.74 Å². The number of carbonyl (C=O) groups excluding carboxylic acids is 2. The molecule has 4 rings (SSSR count). The van der Waals surface area contributed by atoms with Crippen molar-refractivity contribution in [2.24, 2.45) is 0 Å². The lowest BCUT2D eigenvalue weighted by molar-refractivity contribution is -0.143. The Morgan fingerprint density at radius 3 is 2.62 bits per heavy atom. The number of para-hydroxylation sites is 2. The van der Waals surface area contributed by atoms with Gasteiger partial charge in [-0.2, -0.15) is 0 Å². The highest BCUT2D eigenvalue weighted by Crippen LogP contribution is 2.19. The number of imidazole rings is 1. The first-order valence-electron chi connectivity index (χ1n) is 8.29. The number of rotatable bonds is 5. The molecule has 0 saturated carbocycles. The number of aromatic nitrogens is 2. The van der Waals surface area contributed by atoms with Crippen LogP contribution in [-0.2, 0) is 16.1 Å². The quantitative estimate of drug-likeness (QED) is 0.410. The van der Waals surface area contributed by atoms with Gasteiger partial charge in [-0.25, -0.2) is 4.98 Å². The number of ether oxygens (including phenoxy) is 1. The van der Waals surface area contributed by atoms with Gasteiger partial charge in [0.15, 0.2) is 6.61 Å². The van der Waals surface area contributed by atoms with Gasteiger partial charge in [0.1, 0.15) is 6.54 Å². The molecule has 0 amide bonds. The number of ketones is 1. The number of Topliss-reactive ketones (excluding diaryl/α,β-unsaturated/α-hetero) is 1. The summed E-state index contributed by atoms with van der Waals surface area (Å²) in [6.45, 7) is -0.261. The molecule has 0 saturated heterocycles. The molecule has 0 N–H and O–H groups in total. The van der Waals surface area contributed by atoms with Gasteiger partial charge in [-0.05, 0) is 22.9 Å². The van der Waals surface area contributed by atoms with E-state index in [2.05, 4.69) is 4.98 Å². The number of hydrogen-bond acceptors (Lipinski definition) is 4. The first-order valence-corrected chi connectivity index (χ1v) is 8.29. The molecular weight excluding hydrogens is 328 g/mol. The predicted molar refractivity (Wildman–Crippen MR) is 99.0 cm³/mol. The highest BCUT2D eigenvalue weighted by Gasteiger charge is 2.14. The van der Waals surface area contributed by atoms with Gasteiger partial charge in [0.05, 0.1) is 17.4 Å². The van der Waals surface area contributed by atoms with Crippen LogP contribution < -0.4 is 0 Å². The van der Waals surface area contributed by atoms with Crippen LogP contribution in [0.4, 0.5) is 0 Å². The zero-order valence-electron chi connectivity index (χ0n) is 14.0. The molecule has 26 heavy (non-hydrogen) atoms. The van der Waals surface area contributed by atoms with E-state index in [1.54, 1.807) is 17.0 Å². The monoisotopic (exact) mass is 344 g/mol. The van der Waals surface area contributed by atoms with Crippen LogP contribution in [0.15, 0.2) is 73.1 Å². The summed E-state index contributed by atoms with van der Waals surface area (Å²) in [6, 6.07) is 20.7. The van der Waals surface area contributed by atoms with E-state index >= 15 is 0 Å². The second-order valence-corrected chi connectivity index (χ2v) is 5.97. The molecule has 1 heterocycles. The third-order valence-corrected chi connectivity index (χ3v) is 4.28. The van der Waals surface area contributed by atoms with Crippen molar-refractivity contribution in [1.82, 2.24) is 9.55 Å². The number of hydrogen-bond donors (Lipinski definition) is 0. The van der Waals surface area contributed by atoms with Gasteiger partial charge in [-0.15, -0.1) is 0 Å². The minimum absolute atomic E-state index is 0.0172. The highest BCUT2D eigenvalue weighted by molar-refractivity contribution is 6.09. The molecule has 5 heteroatoms. The molecule has 0 aliphatic heterocycles. The van der Waals surface area contributed by atoms with Crippen LogP contribution in [-0.4, -0.2) is 27.9 Å². The smallest absolute Gasteiger partial charge is 0.326 e. The zero-order valence-corrected chi connectivity index (χ0v) is 14.0. The molecular formula is C21H16N2O3. The second kappa shape index (κ2) is 6.80. The summed E-state index contributed by atoms with van der Waals surface area (Å²) in [5.74, 6) is -0.688. The van der Waals surface area contributed by atoms with Gasteiger partial charge in [0, 0.05) is 5.56 Å². The van der Waals surface area contributed by atoms with Gasteiger partial charge in [0.25, 0.3) is 0 Å². The Balaban J connectivity index is 1.45. The summed E-state index contributed by atoms with van der Waals surface area (Å²) in [5, 5.41) is 1.84. The largest absolute Gasteiger partial charge is 0.456 e. The summed E-state index contributed by atoms with van der Waals surface area (Å²) in [5.41, 5.74) is 2.22. The maximum absolute atomic E-state index is 12.5. The topological polar surface area (TPSA) is 61.2 Å². The minimum atomic E-state index is -0.471. The molecule has 3 aromatic carbocycles. The number of esters is 1. The standard InChI is InChI=1S/C21H16N2O3/c24-20(17-9-5-7-15-6-1-2-8-16(15)17)13-26-21(25)12-23-14-22-18-10-3-4-11-19(18)23/h1-11,14H,12-13H2. The Morgan fingerprint density at radius 1 is 0.923 bits per heavy atom. The number of fused-ring (bicyclic) bond motifs is 2. The van der Waals surface area contributed by atoms with Crippen molar-refractivity contribution in [3.8, 4) is 0 Å². The molecule has 1 aromatic heterocycles. The van der Waals surface area contributed by atoms with Gasteiger partial charge in [-0.1, -0.05) is 54.6 Å². The summed E-state index contributed by atoms with van der Waals surface area (Å²) in [6.07, 6.45) is 1.60. The Kier molecular flexibility index (Phi) is 4.19. The van der Waals surface area contributed by atoms with Gasteiger partial charge >= 0.3 is 5.97 Å². The van der Waals surface area contributed by atoms with Crippen molar-refractivity contribution in [1.29, 1.82) is 0 Å². The predicted octanol–water partition coefficient (Wildman–Crippen LogP) is 3.62. The third-order valence-electron chi connectivity index (χ3n) is 4.28. The summed E-state index contributed by atoms with van der Waals surface area (Å²) < 4.78 is 6.90. The molecule has 0 fully saturated rings. The molecule has 0 aliphatic carbocycles. The van der Waals surface area contributed by atoms with Crippen LogP contribution in [0.5, 0.6) is 0 Å². The molecule has 5 nitrogen and oxygen atoms in total. The van der Waals surface area contributed by atoms with Crippen LogP contribution in [0.25, 0.3) is 21.8 Å². The molecule has 0 aliphatic rings. The van der Waals surface area contributed by atoms with E-state index in [1.807, 2.05) is 60.7 Å². The van der Waals surface area contributed by atoms with Gasteiger partial charge in [-0.3, -0.25) is 9.59 Å². The van der Waals surface area contributed by atoms with E-state index < -0.39 is 5.97 Å². The lowest BCUT2D eigenvalue weighted by Gasteiger charge is -2.08. The van der Waals surface area contributed by atoms with Crippen molar-refractivity contribution >= 4 is 33.6 Å². The zero-order chi connectivity index (χ0) is 17.9. The average Bonchev–Trinajstić information content (AvgIpc) is 3.08. The molecule has 0 bridgehead atoms. The van der Waals surface area contributed by atoms with Crippen molar-refractivity contribution in [3.63, 3.8) is 0 Å². The summed E-state index contributed by atoms with van der Waals surface area (Å²) >= 11 is 0. The van der Waals surface area contributed by atoms with Crippen LogP contribution in [0.2, 0.25) is 0 Å². The van der Waals surface area contributed by atoms with Crippen molar-refractivity contribution in [2.45, 2.75) is 6.54 Å². The Morgan fingerprint density at radius 2 is 1.69 bits per heavy atom. The van der Waals surface area contributed by atoms with Gasteiger partial charge in [0.2, 0.25) is 5.78 Å². The maximum atomic E-state index is 12.5. The van der Waals surface area contributed by atoms with Crippen LogP contribution in [0, 0.1) is 0 Å². The molecule has 0 spiro atoms. The second-order valence-electron chi connectivity index (χ2n) is 5.97. The van der Waals surface area contributed by atoms with E-state index in [-0.39, 0.29) is 18.9 Å². The number of nitrogens with zero attached hydrogens (tertiary/aromatic N) is 2. The first-order chi connectivity index (χ1) is 12.7. The molecule has 0 unspecified atom stereocenters. The average molecular weight is 344 g/mol. The molecule has 0 atom stereocenters. The van der Waals surface area contributed by atoms with Crippen molar-refractivity contribution in [3.05, 3.63) is 78.6 Å². The van der Waals surface area contributed by atoms with E-state index in [0.717, 1.165) is 21.8 Å². The van der Waals surface area contributed by atoms with Crippen molar-refractivity contribution in [2.75, 3.05) is 6.61 Å². The van der Waals surface area contributed by atoms with E-state index in [0.29, 0.717) is 5.56 Å². The van der Waals surface area contributed by atoms with Crippen LogP contribution >= 0.6 is 0 Å². The first kappa shape index (κ1) is 16.0. The number of benzene rings is 3. The minimum Gasteiger partial charge on any atom is -0.456 e. The molecule has 128 valence electrons. The van der Waals surface area contributed by atoms with Crippen LogP contribution in [0.3, 0.4) is 0 Å². The fraction of sp³-hybridized carbons (Fsp3) is 0.0952. The maximum Gasteiger partial charge on any atom is 0.326 e. The van der Waals surface area contributed by atoms with Gasteiger partial charge < -0.3 is 9.30 Å². The number of carbonyl (C=O) groups is 2. The van der Waals surface area contributed by atoms with Crippen molar-refractivity contribution < 1.29 is 14.3 Å².